The molecule has 1 aromatic rings. The molecule has 0 aliphatic heterocycles. The molecule has 64 valence electrons. The number of azide groups is 2. The first-order valence-corrected chi connectivity index (χ1v) is 3.29. The number of hydrogen-bond donors (Lipinski definition) is 0. The van der Waals surface area contributed by atoms with Crippen LogP contribution in [0.2, 0.25) is 5.15 Å². The van der Waals surface area contributed by atoms with Gasteiger partial charge in [0.1, 0.15) is 11.0 Å². The molecule has 0 radical (unpaired) electrons. The molecule has 0 aliphatic rings. The molecule has 0 aromatic carbocycles. The lowest BCUT2D eigenvalue weighted by atomic mass is 10.6. The zero-order chi connectivity index (χ0) is 9.68. The molecule has 0 N–H and O–H groups in total. The second kappa shape index (κ2) is 4.13. The predicted octanol–water partition coefficient (Wildman–Crippen LogP) is 3.01. The number of halogens is 1. The molecule has 8 nitrogen and oxygen atoms in total. The summed E-state index contributed by atoms with van der Waals surface area (Å²) in [5.74, 6) is -0.178. The molecule has 1 heterocycles. The van der Waals surface area contributed by atoms with E-state index in [4.69, 9.17) is 22.7 Å². The molecule has 0 amide bonds. The summed E-state index contributed by atoms with van der Waals surface area (Å²) in [5, 5.41) is 6.31. The average Bonchev–Trinajstić information content (AvgIpc) is 2.04. The SMILES string of the molecule is [N-]=[N+]=Nc1cc(Cl)nc(N=[N+]=[N-])n1. The van der Waals surface area contributed by atoms with Gasteiger partial charge >= 0.3 is 0 Å². The van der Waals surface area contributed by atoms with Crippen LogP contribution in [-0.2, 0) is 0 Å². The standard InChI is InChI=1S/C4HClN8/c5-2-1-3(10-12-6)9-4(8-2)11-13-7/h1H. The lowest BCUT2D eigenvalue weighted by molar-refractivity contribution is 1.11. The van der Waals surface area contributed by atoms with Gasteiger partial charge in [-0.2, -0.15) is 0 Å². The van der Waals surface area contributed by atoms with Crippen molar-refractivity contribution < 1.29 is 0 Å². The second-order valence-electron chi connectivity index (χ2n) is 1.73. The minimum absolute atomic E-state index is 0.00454. The van der Waals surface area contributed by atoms with Gasteiger partial charge in [0.2, 0.25) is 5.95 Å². The first-order valence-electron chi connectivity index (χ1n) is 2.91. The number of rotatable bonds is 2. The fraction of sp³-hybridized carbons (Fsp3) is 0. The fourth-order valence-electron chi connectivity index (χ4n) is 0.576. The van der Waals surface area contributed by atoms with Gasteiger partial charge in [-0.3, -0.25) is 0 Å². The Kier molecular flexibility index (Phi) is 2.88. The van der Waals surface area contributed by atoms with E-state index < -0.39 is 0 Å². The third-order valence-electron chi connectivity index (χ3n) is 0.951. The van der Waals surface area contributed by atoms with Crippen molar-refractivity contribution in [2.45, 2.75) is 0 Å². The van der Waals surface area contributed by atoms with Gasteiger partial charge in [-0.25, -0.2) is 9.97 Å². The Labute approximate surface area is 76.4 Å². The van der Waals surface area contributed by atoms with E-state index >= 15 is 0 Å². The normalized spacial score (nSPS) is 8.38. The van der Waals surface area contributed by atoms with Gasteiger partial charge in [0.05, 0.1) is 0 Å². The molecule has 0 spiro atoms. The lowest BCUT2D eigenvalue weighted by Gasteiger charge is -1.93. The third kappa shape index (κ3) is 2.49. The highest BCUT2D eigenvalue weighted by atomic mass is 35.5. The first-order chi connectivity index (χ1) is 6.26. The van der Waals surface area contributed by atoms with Crippen molar-refractivity contribution in [3.63, 3.8) is 0 Å². The Morgan fingerprint density at radius 2 is 1.92 bits per heavy atom. The van der Waals surface area contributed by atoms with E-state index in [-0.39, 0.29) is 16.9 Å². The molecule has 0 saturated heterocycles. The molecule has 0 bridgehead atoms. The smallest absolute Gasteiger partial charge is 0.218 e. The van der Waals surface area contributed by atoms with E-state index in [9.17, 15) is 0 Å². The van der Waals surface area contributed by atoms with Gasteiger partial charge in [-0.15, -0.1) is 0 Å². The highest BCUT2D eigenvalue weighted by molar-refractivity contribution is 6.29. The zero-order valence-corrected chi connectivity index (χ0v) is 6.79. The quantitative estimate of drug-likeness (QED) is 0.312. The minimum Gasteiger partial charge on any atom is -0.225 e. The maximum Gasteiger partial charge on any atom is 0.218 e. The van der Waals surface area contributed by atoms with E-state index in [0.29, 0.717) is 0 Å². The topological polar surface area (TPSA) is 123 Å². The summed E-state index contributed by atoms with van der Waals surface area (Å²) in [6.07, 6.45) is 0. The van der Waals surface area contributed by atoms with E-state index in [0.717, 1.165) is 0 Å². The van der Waals surface area contributed by atoms with Gasteiger partial charge in [0.25, 0.3) is 0 Å². The Bertz CT molecular complexity index is 378. The number of aromatic nitrogens is 2. The van der Waals surface area contributed by atoms with Crippen molar-refractivity contribution in [3.05, 3.63) is 32.1 Å². The van der Waals surface area contributed by atoms with Crippen molar-refractivity contribution in [3.8, 4) is 0 Å². The first kappa shape index (κ1) is 9.08. The van der Waals surface area contributed by atoms with Crippen molar-refractivity contribution in [1.29, 1.82) is 0 Å². The van der Waals surface area contributed by atoms with E-state index in [1.165, 1.54) is 6.07 Å². The largest absolute Gasteiger partial charge is 0.225 e. The van der Waals surface area contributed by atoms with Crippen molar-refractivity contribution >= 4 is 23.4 Å². The van der Waals surface area contributed by atoms with Crippen LogP contribution in [0.4, 0.5) is 11.8 Å². The van der Waals surface area contributed by atoms with Crippen molar-refractivity contribution in [2.75, 3.05) is 0 Å². The molecule has 0 fully saturated rings. The van der Waals surface area contributed by atoms with Gasteiger partial charge in [0.15, 0.2) is 0 Å². The van der Waals surface area contributed by atoms with E-state index in [1.807, 2.05) is 0 Å². The fourth-order valence-corrected chi connectivity index (χ4v) is 0.749. The van der Waals surface area contributed by atoms with Crippen molar-refractivity contribution in [1.82, 2.24) is 9.97 Å². The maximum absolute atomic E-state index is 8.08. The molecule has 13 heavy (non-hydrogen) atoms. The van der Waals surface area contributed by atoms with Crippen LogP contribution >= 0.6 is 11.6 Å². The molecule has 0 atom stereocenters. The Hall–Kier alpha value is -2.01. The van der Waals surface area contributed by atoms with Gasteiger partial charge in [0, 0.05) is 15.9 Å². The number of hydrogen-bond acceptors (Lipinski definition) is 4. The van der Waals surface area contributed by atoms with Crippen LogP contribution < -0.4 is 0 Å². The summed E-state index contributed by atoms with van der Waals surface area (Å²) in [6.45, 7) is 0. The van der Waals surface area contributed by atoms with Crippen LogP contribution in [0.3, 0.4) is 0 Å². The molecule has 9 heteroatoms. The van der Waals surface area contributed by atoms with Crippen LogP contribution in [0.1, 0.15) is 0 Å². The molecule has 0 saturated carbocycles. The van der Waals surface area contributed by atoms with Crippen molar-refractivity contribution in [2.24, 2.45) is 10.2 Å². The highest BCUT2D eigenvalue weighted by Gasteiger charge is 1.98. The highest BCUT2D eigenvalue weighted by Crippen LogP contribution is 2.18. The summed E-state index contributed by atoms with van der Waals surface area (Å²) < 4.78 is 0. The third-order valence-corrected chi connectivity index (χ3v) is 1.14. The molecule has 0 unspecified atom stereocenters. The Morgan fingerprint density at radius 3 is 2.54 bits per heavy atom. The Morgan fingerprint density at radius 1 is 1.23 bits per heavy atom. The Balaban J connectivity index is 3.25. The summed E-state index contributed by atoms with van der Waals surface area (Å²) in [6, 6.07) is 1.25. The van der Waals surface area contributed by atoms with Crippen LogP contribution in [0.5, 0.6) is 0 Å². The number of nitrogens with zero attached hydrogens (tertiary/aromatic N) is 8. The zero-order valence-electron chi connectivity index (χ0n) is 6.03. The average molecular weight is 197 g/mol. The molecule has 0 aliphatic carbocycles. The van der Waals surface area contributed by atoms with Crippen LogP contribution in [0, 0.1) is 0 Å². The second-order valence-corrected chi connectivity index (χ2v) is 2.12. The van der Waals surface area contributed by atoms with Crippen LogP contribution in [0.25, 0.3) is 20.9 Å². The summed E-state index contributed by atoms with van der Waals surface area (Å²) in [4.78, 5) is 12.1. The molecule has 1 aromatic heterocycles. The minimum atomic E-state index is -0.183. The monoisotopic (exact) mass is 196 g/mol. The predicted molar refractivity (Wildman–Crippen MR) is 44.7 cm³/mol. The van der Waals surface area contributed by atoms with Gasteiger partial charge in [-0.05, 0) is 21.3 Å². The molecule has 1 rings (SSSR count). The molecular formula is C4HClN8. The van der Waals surface area contributed by atoms with Crippen LogP contribution in [-0.4, -0.2) is 9.97 Å². The summed E-state index contributed by atoms with van der Waals surface area (Å²) in [7, 11) is 0. The summed E-state index contributed by atoms with van der Waals surface area (Å²) in [5.41, 5.74) is 16.1. The summed E-state index contributed by atoms with van der Waals surface area (Å²) >= 11 is 5.50. The maximum atomic E-state index is 8.08. The van der Waals surface area contributed by atoms with Crippen LogP contribution in [0.15, 0.2) is 16.3 Å². The molecular weight excluding hydrogens is 196 g/mol. The van der Waals surface area contributed by atoms with Gasteiger partial charge in [-0.1, -0.05) is 11.6 Å². The van der Waals surface area contributed by atoms with E-state index in [2.05, 4.69) is 30.0 Å². The van der Waals surface area contributed by atoms with Gasteiger partial charge < -0.3 is 0 Å². The van der Waals surface area contributed by atoms with E-state index in [1.54, 1.807) is 0 Å². The lowest BCUT2D eigenvalue weighted by Crippen LogP contribution is -1.80.